The average molecular weight is 1840 g/mol. The van der Waals surface area contributed by atoms with Crippen molar-refractivity contribution in [2.45, 2.75) is 106 Å². The molecule has 6 nitrogen and oxygen atoms in total. The second-order valence-corrected chi connectivity index (χ2v) is 25.7. The minimum atomic E-state index is 0. The van der Waals surface area contributed by atoms with Gasteiger partial charge in [0, 0.05) is 115 Å². The molecule has 14 aromatic rings. The van der Waals surface area contributed by atoms with Crippen molar-refractivity contribution in [2.24, 2.45) is 0 Å². The standard InChI is InChI=1S/C33H31N2.C31H27N2.C27H27N2.3Ir/c1-23(2)30-28(25-14-8-5-9-15-25)22-29(26-16-10-6-11-17-26)31(24(3)4)32(30)35-21-20-34-33(35)27-18-12-7-13-19-27;1-3-26-28(23-14-8-5-9-15-23)22-29(24-16-10-6-11-17-24)27(4-2)30(26)33-21-20-32-31(33)25-18-12-7-13-19-25;1-19(2)23-15-16-24(21-11-7-5-8-12-21)25(20(3)4)26(23)29-18-17-28-27(29)22-13-9-6-10-14-22;;;/h5-18,20-24H,1-4H3;5-18,20-22H,3-4H2,1-2H3;5-13,15-20H,1-4H3;;;/q3*-1;;;. The van der Waals surface area contributed by atoms with Crippen molar-refractivity contribution in [3.63, 3.8) is 0 Å². The minimum absolute atomic E-state index is 0. The first-order chi connectivity index (χ1) is 47.4. The molecule has 0 fully saturated rings. The molecule has 3 aromatic heterocycles. The third-order valence-corrected chi connectivity index (χ3v) is 18.1. The quantitative estimate of drug-likeness (QED) is 0.0854. The molecule has 0 aliphatic heterocycles. The predicted molar refractivity (Wildman–Crippen MR) is 406 cm³/mol. The van der Waals surface area contributed by atoms with Gasteiger partial charge in [0.25, 0.3) is 0 Å². The zero-order chi connectivity index (χ0) is 67.4. The fraction of sp³-hybridized carbons (Fsp3) is 0.176. The molecule has 0 aliphatic carbocycles. The van der Waals surface area contributed by atoms with Crippen LogP contribution in [0.15, 0.2) is 286 Å². The van der Waals surface area contributed by atoms with Gasteiger partial charge in [0.2, 0.25) is 0 Å². The fourth-order valence-corrected chi connectivity index (χ4v) is 13.8. The summed E-state index contributed by atoms with van der Waals surface area (Å²) >= 11 is 0. The molecule has 3 radical (unpaired) electrons. The Morgan fingerprint density at radius 3 is 0.900 bits per heavy atom. The molecular weight excluding hydrogens is 1750 g/mol. The average Bonchev–Trinajstić information content (AvgIpc) is 1.06. The van der Waals surface area contributed by atoms with Gasteiger partial charge in [0.15, 0.2) is 0 Å². The molecule has 0 aliphatic rings. The maximum Gasteiger partial charge on any atom is 0.0602 e. The number of aromatic nitrogens is 6. The van der Waals surface area contributed by atoms with Crippen molar-refractivity contribution in [2.75, 3.05) is 0 Å². The van der Waals surface area contributed by atoms with E-state index in [4.69, 9.17) is 15.0 Å². The van der Waals surface area contributed by atoms with Crippen molar-refractivity contribution in [1.82, 2.24) is 28.7 Å². The predicted octanol–water partition coefficient (Wildman–Crippen LogP) is 24.0. The summed E-state index contributed by atoms with van der Waals surface area (Å²) in [4.78, 5) is 14.2. The zero-order valence-electron chi connectivity index (χ0n) is 58.5. The van der Waals surface area contributed by atoms with E-state index in [1.165, 1.54) is 106 Å². The van der Waals surface area contributed by atoms with Gasteiger partial charge in [-0.15, -0.1) is 108 Å². The van der Waals surface area contributed by atoms with E-state index >= 15 is 0 Å². The molecule has 509 valence electrons. The summed E-state index contributed by atoms with van der Waals surface area (Å²) in [5, 5.41) is 0. The third-order valence-electron chi connectivity index (χ3n) is 18.1. The zero-order valence-corrected chi connectivity index (χ0v) is 65.7. The monoisotopic (exact) mass is 1840 g/mol. The van der Waals surface area contributed by atoms with Crippen LogP contribution in [-0.4, -0.2) is 28.7 Å². The normalized spacial score (nSPS) is 10.9. The number of imidazole rings is 3. The molecule has 0 saturated heterocycles. The molecule has 9 heteroatoms. The van der Waals surface area contributed by atoms with Crippen LogP contribution in [0.5, 0.6) is 0 Å². The van der Waals surface area contributed by atoms with Crippen molar-refractivity contribution < 1.29 is 60.3 Å². The third kappa shape index (κ3) is 16.2. The molecule has 14 rings (SSSR count). The summed E-state index contributed by atoms with van der Waals surface area (Å²) in [6.07, 6.45) is 13.8. The Hall–Kier alpha value is -9.00. The van der Waals surface area contributed by atoms with Crippen molar-refractivity contribution in [3.05, 3.63) is 337 Å². The van der Waals surface area contributed by atoms with Gasteiger partial charge >= 0.3 is 0 Å². The van der Waals surface area contributed by atoms with Crippen molar-refractivity contribution in [3.8, 4) is 107 Å². The maximum absolute atomic E-state index is 4.80. The number of benzene rings is 11. The summed E-state index contributed by atoms with van der Waals surface area (Å²) in [6.45, 7) is 22.8. The molecule has 0 spiro atoms. The summed E-state index contributed by atoms with van der Waals surface area (Å²) in [7, 11) is 0. The molecule has 0 amide bonds. The number of nitrogens with zero attached hydrogens (tertiary/aromatic N) is 6. The first-order valence-corrected chi connectivity index (χ1v) is 34.3. The first-order valence-electron chi connectivity index (χ1n) is 34.3. The van der Waals surface area contributed by atoms with Gasteiger partial charge in [-0.3, -0.25) is 15.0 Å². The molecule has 0 N–H and O–H groups in total. The van der Waals surface area contributed by atoms with Crippen LogP contribution >= 0.6 is 0 Å². The van der Waals surface area contributed by atoms with Crippen molar-refractivity contribution in [1.29, 1.82) is 0 Å². The summed E-state index contributed by atoms with van der Waals surface area (Å²) < 4.78 is 6.81. The molecule has 11 aromatic carbocycles. The van der Waals surface area contributed by atoms with E-state index in [2.05, 4.69) is 314 Å². The van der Waals surface area contributed by atoms with Crippen LogP contribution in [0, 0.1) is 18.2 Å². The van der Waals surface area contributed by atoms with Gasteiger partial charge in [0.1, 0.15) is 0 Å². The summed E-state index contributed by atoms with van der Waals surface area (Å²) in [5.74, 6) is 4.17. The van der Waals surface area contributed by atoms with E-state index in [9.17, 15) is 0 Å². The van der Waals surface area contributed by atoms with Crippen molar-refractivity contribution >= 4 is 0 Å². The van der Waals surface area contributed by atoms with E-state index in [0.717, 1.165) is 47.0 Å². The first kappa shape index (κ1) is 75.2. The molecule has 3 heterocycles. The van der Waals surface area contributed by atoms with E-state index in [-0.39, 0.29) is 60.3 Å². The van der Waals surface area contributed by atoms with E-state index < -0.39 is 0 Å². The van der Waals surface area contributed by atoms with Gasteiger partial charge < -0.3 is 13.7 Å². The van der Waals surface area contributed by atoms with E-state index in [1.807, 2.05) is 73.2 Å². The van der Waals surface area contributed by atoms with Crippen LogP contribution in [-0.2, 0) is 73.2 Å². The number of hydrogen-bond donors (Lipinski definition) is 0. The molecule has 0 unspecified atom stereocenters. The van der Waals surface area contributed by atoms with Gasteiger partial charge in [-0.25, -0.2) is 0 Å². The molecule has 0 bridgehead atoms. The number of hydrogen-bond acceptors (Lipinski definition) is 3. The van der Waals surface area contributed by atoms with Crippen LogP contribution in [0.25, 0.3) is 107 Å². The second kappa shape index (κ2) is 35.4. The summed E-state index contributed by atoms with van der Waals surface area (Å²) in [6, 6.07) is 97.3. The fourth-order valence-electron chi connectivity index (χ4n) is 13.8. The van der Waals surface area contributed by atoms with Gasteiger partial charge in [-0.2, -0.15) is 0 Å². The van der Waals surface area contributed by atoms with E-state index in [0.29, 0.717) is 23.7 Å². The van der Waals surface area contributed by atoms with Crippen LogP contribution in [0.4, 0.5) is 0 Å². The Morgan fingerprint density at radius 2 is 0.590 bits per heavy atom. The Kier molecular flexibility index (Phi) is 26.6. The Bertz CT molecular complexity index is 4720. The molecule has 0 saturated carbocycles. The SMILES string of the molecule is CC(C)c1c(-c2ccccc2)cc(-c2ccccc2)c(C(C)C)c1-n1ccnc1-c1[c-]cccc1.CC(C)c1ccc(-c2ccccc2)c(C(C)C)c1-n1ccnc1-c1[c-]cccc1.CCc1c(-c2ccccc2)cc(-c2ccccc2)c(CC)c1-n1ccnc1-c1[c-]cccc1.[Ir].[Ir].[Ir]. The van der Waals surface area contributed by atoms with Crippen LogP contribution in [0.3, 0.4) is 0 Å². The van der Waals surface area contributed by atoms with Gasteiger partial charge in [-0.1, -0.05) is 233 Å². The Labute approximate surface area is 633 Å². The minimum Gasteiger partial charge on any atom is -0.339 e. The topological polar surface area (TPSA) is 53.5 Å². The number of rotatable bonds is 17. The van der Waals surface area contributed by atoms with Crippen LogP contribution in [0.1, 0.15) is 126 Å². The van der Waals surface area contributed by atoms with E-state index in [1.54, 1.807) is 0 Å². The molecule has 0 atom stereocenters. The smallest absolute Gasteiger partial charge is 0.0602 e. The summed E-state index contributed by atoms with van der Waals surface area (Å²) in [5.41, 5.74) is 27.4. The maximum atomic E-state index is 4.80. The molecular formula is C91H85Ir3N6-3. The van der Waals surface area contributed by atoms with Gasteiger partial charge in [-0.05, 0) is 138 Å². The van der Waals surface area contributed by atoms with Gasteiger partial charge in [0.05, 0.1) is 17.5 Å². The largest absolute Gasteiger partial charge is 0.339 e. The second-order valence-electron chi connectivity index (χ2n) is 25.7. The molecule has 100 heavy (non-hydrogen) atoms. The van der Waals surface area contributed by atoms with Crippen LogP contribution < -0.4 is 0 Å². The Balaban J connectivity index is 0.000000173. The Morgan fingerprint density at radius 1 is 0.300 bits per heavy atom. The van der Waals surface area contributed by atoms with Crippen LogP contribution in [0.2, 0.25) is 0 Å².